The third-order valence-corrected chi connectivity index (χ3v) is 3.25. The molecule has 3 N–H and O–H groups in total. The zero-order valence-corrected chi connectivity index (χ0v) is 9.51. The Labute approximate surface area is 90.2 Å². The van der Waals surface area contributed by atoms with Gasteiger partial charge in [-0.2, -0.15) is 0 Å². The molecule has 88 valence electrons. The molecule has 5 nitrogen and oxygen atoms in total. The van der Waals surface area contributed by atoms with Crippen molar-refractivity contribution in [3.8, 4) is 0 Å². The molecule has 1 saturated heterocycles. The van der Waals surface area contributed by atoms with E-state index in [1.165, 1.54) is 0 Å². The van der Waals surface area contributed by atoms with Gasteiger partial charge in [0.25, 0.3) is 0 Å². The second-order valence-corrected chi connectivity index (χ2v) is 4.28. The van der Waals surface area contributed by atoms with Gasteiger partial charge in [0.1, 0.15) is 0 Å². The van der Waals surface area contributed by atoms with Crippen LogP contribution in [-0.4, -0.2) is 54.9 Å². The second-order valence-electron chi connectivity index (χ2n) is 4.28. The first-order valence-corrected chi connectivity index (χ1v) is 5.17. The number of hydrogen-bond acceptors (Lipinski definition) is 4. The molecule has 0 aromatic rings. The Kier molecular flexibility index (Phi) is 4.07. The van der Waals surface area contributed by atoms with Gasteiger partial charge in [0.2, 0.25) is 5.91 Å². The Morgan fingerprint density at radius 3 is 2.67 bits per heavy atom. The van der Waals surface area contributed by atoms with Crippen molar-refractivity contribution in [3.63, 3.8) is 0 Å². The summed E-state index contributed by atoms with van der Waals surface area (Å²) in [5, 5.41) is 9.97. The molecule has 1 aliphatic heterocycles. The van der Waals surface area contributed by atoms with Gasteiger partial charge < -0.3 is 15.6 Å². The van der Waals surface area contributed by atoms with Crippen molar-refractivity contribution in [3.05, 3.63) is 0 Å². The number of aliphatic hydroxyl groups is 1. The van der Waals surface area contributed by atoms with E-state index in [4.69, 9.17) is 10.5 Å². The van der Waals surface area contributed by atoms with E-state index in [-0.39, 0.29) is 12.1 Å². The molecule has 0 aromatic heterocycles. The number of carbonyl (C=O) groups is 1. The van der Waals surface area contributed by atoms with Crippen molar-refractivity contribution in [2.45, 2.75) is 31.6 Å². The van der Waals surface area contributed by atoms with Crippen LogP contribution in [0.5, 0.6) is 0 Å². The molecule has 1 aliphatic rings. The Bertz CT molecular complexity index is 235. The predicted molar refractivity (Wildman–Crippen MR) is 56.2 cm³/mol. The molecule has 15 heavy (non-hydrogen) atoms. The number of ether oxygens (including phenoxy) is 1. The lowest BCUT2D eigenvalue weighted by molar-refractivity contribution is -0.125. The van der Waals surface area contributed by atoms with Crippen LogP contribution in [0.25, 0.3) is 0 Å². The Morgan fingerprint density at radius 1 is 1.67 bits per heavy atom. The summed E-state index contributed by atoms with van der Waals surface area (Å²) in [5.41, 5.74) is 5.17. The maximum Gasteiger partial charge on any atom is 0.222 e. The zero-order valence-electron chi connectivity index (χ0n) is 9.51. The highest BCUT2D eigenvalue weighted by Crippen LogP contribution is 2.24. The minimum Gasteiger partial charge on any atom is -0.391 e. The molecule has 0 spiro atoms. The van der Waals surface area contributed by atoms with Crippen LogP contribution in [0.4, 0.5) is 0 Å². The summed E-state index contributed by atoms with van der Waals surface area (Å²) in [7, 11) is 3.57. The summed E-state index contributed by atoms with van der Waals surface area (Å²) in [6.07, 6.45) is 0.161. The molecule has 1 heterocycles. The molecule has 4 atom stereocenters. The van der Waals surface area contributed by atoms with Crippen LogP contribution in [0.15, 0.2) is 0 Å². The fraction of sp³-hybridized carbons (Fsp3) is 0.900. The summed E-state index contributed by atoms with van der Waals surface area (Å²) in [5.74, 6) is -0.982. The van der Waals surface area contributed by atoms with Crippen LogP contribution in [0.1, 0.15) is 13.3 Å². The minimum absolute atomic E-state index is 0.0440. The molecule has 1 rings (SSSR count). The molecule has 0 aliphatic carbocycles. The van der Waals surface area contributed by atoms with E-state index in [0.717, 1.165) is 13.0 Å². The number of aliphatic hydroxyl groups excluding tert-OH is 1. The molecule has 0 bridgehead atoms. The Hall–Kier alpha value is -0.650. The molecule has 0 radical (unpaired) electrons. The first-order chi connectivity index (χ1) is 6.97. The van der Waals surface area contributed by atoms with Gasteiger partial charge in [-0.15, -0.1) is 0 Å². The average molecular weight is 216 g/mol. The number of likely N-dealkylation sites (tertiary alicyclic amines) is 1. The zero-order chi connectivity index (χ0) is 11.6. The van der Waals surface area contributed by atoms with E-state index in [0.29, 0.717) is 0 Å². The summed E-state index contributed by atoms with van der Waals surface area (Å²) in [6, 6.07) is -0.0440. The maximum atomic E-state index is 11.0. The van der Waals surface area contributed by atoms with E-state index >= 15 is 0 Å². The highest BCUT2D eigenvalue weighted by molar-refractivity contribution is 5.76. The van der Waals surface area contributed by atoms with Crippen LogP contribution in [0.3, 0.4) is 0 Å². The van der Waals surface area contributed by atoms with Crippen LogP contribution in [0, 0.1) is 5.92 Å². The first kappa shape index (κ1) is 12.4. The molecule has 1 fully saturated rings. The lowest BCUT2D eigenvalue weighted by Gasteiger charge is -2.27. The quantitative estimate of drug-likeness (QED) is 0.644. The van der Waals surface area contributed by atoms with E-state index in [1.807, 2.05) is 11.9 Å². The van der Waals surface area contributed by atoms with Crippen molar-refractivity contribution < 1.29 is 14.6 Å². The monoisotopic (exact) mass is 216 g/mol. The first-order valence-electron chi connectivity index (χ1n) is 5.17. The number of rotatable bonds is 4. The van der Waals surface area contributed by atoms with Crippen LogP contribution < -0.4 is 5.73 Å². The van der Waals surface area contributed by atoms with Crippen molar-refractivity contribution in [1.29, 1.82) is 0 Å². The Morgan fingerprint density at radius 2 is 2.27 bits per heavy atom. The number of methoxy groups -OCH3 is 1. The summed E-state index contributed by atoms with van der Waals surface area (Å²) < 4.78 is 5.23. The number of hydrogen-bond donors (Lipinski definition) is 2. The fourth-order valence-corrected chi connectivity index (χ4v) is 2.05. The third-order valence-electron chi connectivity index (χ3n) is 3.25. The average Bonchev–Trinajstić information content (AvgIpc) is 2.57. The number of nitrogens with zero attached hydrogens (tertiary/aromatic N) is 1. The van der Waals surface area contributed by atoms with Gasteiger partial charge in [-0.05, 0) is 13.5 Å². The van der Waals surface area contributed by atoms with Crippen molar-refractivity contribution in [2.75, 3.05) is 20.7 Å². The van der Waals surface area contributed by atoms with Crippen LogP contribution >= 0.6 is 0 Å². The molecule has 2 unspecified atom stereocenters. The van der Waals surface area contributed by atoms with Gasteiger partial charge in [-0.25, -0.2) is 0 Å². The largest absolute Gasteiger partial charge is 0.391 e. The molecular weight excluding hydrogens is 196 g/mol. The number of amides is 1. The predicted octanol–water partition coefficient (Wildman–Crippen LogP) is -0.812. The molecule has 1 amide bonds. The topological polar surface area (TPSA) is 75.8 Å². The second kappa shape index (κ2) is 4.92. The van der Waals surface area contributed by atoms with Gasteiger partial charge in [0.05, 0.1) is 18.1 Å². The van der Waals surface area contributed by atoms with Gasteiger partial charge in [0, 0.05) is 19.7 Å². The highest BCUT2D eigenvalue weighted by atomic mass is 16.5. The summed E-state index contributed by atoms with van der Waals surface area (Å²) >= 11 is 0. The van der Waals surface area contributed by atoms with E-state index in [1.54, 1.807) is 14.0 Å². The number of carbonyl (C=O) groups excluding carboxylic acids is 1. The van der Waals surface area contributed by atoms with Gasteiger partial charge in [-0.3, -0.25) is 9.69 Å². The lowest BCUT2D eigenvalue weighted by atomic mass is 9.95. The maximum absolute atomic E-state index is 11.0. The number of likely N-dealkylation sites (N-methyl/N-ethyl adjacent to an activating group) is 1. The van der Waals surface area contributed by atoms with Crippen molar-refractivity contribution in [2.24, 2.45) is 11.7 Å². The normalized spacial score (nSPS) is 31.5. The SMILES string of the molecule is COC1C[C@@H](C(O)[C@H](C)C(N)=O)N(C)C1. The standard InChI is InChI=1S/C10H20N2O3/c1-6(10(11)14)9(13)8-4-7(15-3)5-12(8)2/h6-9,13H,4-5H2,1-3H3,(H2,11,14)/t6-,7?,8-,9?/m0/s1. The van der Waals surface area contributed by atoms with Crippen LogP contribution in [-0.2, 0) is 9.53 Å². The molecule has 0 saturated carbocycles. The molecule has 5 heteroatoms. The lowest BCUT2D eigenvalue weighted by Crippen LogP contribution is -2.44. The van der Waals surface area contributed by atoms with Gasteiger partial charge in [0.15, 0.2) is 0 Å². The van der Waals surface area contributed by atoms with Gasteiger partial charge >= 0.3 is 0 Å². The van der Waals surface area contributed by atoms with Crippen molar-refractivity contribution >= 4 is 5.91 Å². The van der Waals surface area contributed by atoms with Crippen LogP contribution in [0.2, 0.25) is 0 Å². The highest BCUT2D eigenvalue weighted by Gasteiger charge is 2.37. The smallest absolute Gasteiger partial charge is 0.222 e. The Balaban J connectivity index is 2.60. The summed E-state index contributed by atoms with van der Waals surface area (Å²) in [6.45, 7) is 2.44. The third kappa shape index (κ3) is 2.68. The fourth-order valence-electron chi connectivity index (χ4n) is 2.05. The van der Waals surface area contributed by atoms with Crippen molar-refractivity contribution in [1.82, 2.24) is 4.90 Å². The summed E-state index contributed by atoms with van der Waals surface area (Å²) in [4.78, 5) is 13.0. The molecular formula is C10H20N2O3. The minimum atomic E-state index is -0.715. The van der Waals surface area contributed by atoms with E-state index < -0.39 is 17.9 Å². The number of primary amides is 1. The number of nitrogens with two attached hydrogens (primary N) is 1. The van der Waals surface area contributed by atoms with Gasteiger partial charge in [-0.1, -0.05) is 6.92 Å². The van der Waals surface area contributed by atoms with E-state index in [9.17, 15) is 9.90 Å². The molecule has 0 aromatic carbocycles. The van der Waals surface area contributed by atoms with E-state index in [2.05, 4.69) is 0 Å².